The number of ether oxygens (including phenoxy) is 2. The molecule has 218 valence electrons. The molecule has 1 aliphatic heterocycles. The second-order valence-electron chi connectivity index (χ2n) is 9.99. The molecule has 0 bridgehead atoms. The topological polar surface area (TPSA) is 85.7 Å². The molecule has 0 fully saturated rings. The zero-order valence-electron chi connectivity index (χ0n) is 24.0. The number of fused-ring (bicyclic) bond motifs is 1. The second kappa shape index (κ2) is 12.9. The van der Waals surface area contributed by atoms with Gasteiger partial charge in [-0.05, 0) is 55.8 Å². The van der Waals surface area contributed by atoms with Crippen molar-refractivity contribution < 1.29 is 19.1 Å². The summed E-state index contributed by atoms with van der Waals surface area (Å²) >= 11 is 7.75. The van der Waals surface area contributed by atoms with Crippen LogP contribution >= 0.6 is 23.4 Å². The number of halogens is 1. The number of methoxy groups -OCH3 is 2. The number of hydrogen-bond donors (Lipinski definition) is 1. The molecule has 1 N–H and O–H groups in total. The third-order valence-corrected chi connectivity index (χ3v) is 8.76. The average Bonchev–Trinajstić information content (AvgIpc) is 3.34. The van der Waals surface area contributed by atoms with E-state index >= 15 is 0 Å². The van der Waals surface area contributed by atoms with Crippen LogP contribution in [-0.4, -0.2) is 54.2 Å². The van der Waals surface area contributed by atoms with Crippen molar-refractivity contribution >= 4 is 41.0 Å². The Morgan fingerprint density at radius 3 is 2.45 bits per heavy atom. The van der Waals surface area contributed by atoms with Crippen LogP contribution in [0.15, 0.2) is 72.8 Å². The van der Waals surface area contributed by atoms with E-state index in [1.54, 1.807) is 23.8 Å². The van der Waals surface area contributed by atoms with Gasteiger partial charge in [0.05, 0.1) is 36.6 Å². The van der Waals surface area contributed by atoms with E-state index in [0.29, 0.717) is 28.0 Å². The fraction of sp³-hybridized carbons (Fsp3) is 0.281. The fourth-order valence-electron chi connectivity index (χ4n) is 4.94. The van der Waals surface area contributed by atoms with Crippen LogP contribution in [0.4, 0.5) is 5.82 Å². The van der Waals surface area contributed by atoms with E-state index in [2.05, 4.69) is 5.32 Å². The van der Waals surface area contributed by atoms with Crippen LogP contribution in [-0.2, 0) is 9.59 Å². The summed E-state index contributed by atoms with van der Waals surface area (Å²) in [5.74, 6) is 1.68. The molecule has 0 saturated heterocycles. The summed E-state index contributed by atoms with van der Waals surface area (Å²) in [5.41, 5.74) is 3.96. The first-order chi connectivity index (χ1) is 20.3. The van der Waals surface area contributed by atoms with Crippen LogP contribution in [0.25, 0.3) is 16.9 Å². The highest BCUT2D eigenvalue weighted by Gasteiger charge is 2.38. The number of carbonyl (C=O) groups is 2. The molecule has 8 nitrogen and oxygen atoms in total. The zero-order chi connectivity index (χ0) is 29.8. The van der Waals surface area contributed by atoms with Gasteiger partial charge in [-0.25, -0.2) is 4.68 Å². The van der Waals surface area contributed by atoms with Crippen molar-refractivity contribution in [3.63, 3.8) is 0 Å². The first-order valence-electron chi connectivity index (χ1n) is 13.7. The van der Waals surface area contributed by atoms with Crippen LogP contribution < -0.4 is 19.7 Å². The number of aromatic nitrogens is 2. The third-order valence-electron chi connectivity index (χ3n) is 7.27. The van der Waals surface area contributed by atoms with Gasteiger partial charge in [-0.2, -0.15) is 5.10 Å². The Balaban J connectivity index is 1.80. The number of carbonyl (C=O) groups excluding carboxylic acids is 2. The molecule has 3 aromatic carbocycles. The minimum Gasteiger partial charge on any atom is -0.497 e. The maximum Gasteiger partial charge on any atom is 0.240 e. The summed E-state index contributed by atoms with van der Waals surface area (Å²) in [6.07, 6.45) is 0.779. The molecule has 42 heavy (non-hydrogen) atoms. The van der Waals surface area contributed by atoms with Gasteiger partial charge in [0.25, 0.3) is 0 Å². The van der Waals surface area contributed by atoms with E-state index in [1.807, 2.05) is 86.6 Å². The maximum absolute atomic E-state index is 13.9. The SMILES string of the molecule is CC[C@@H](C)NC(=O)CN1C(=O)CS[C@@H](c2ccccc2OC)c2c(-c3ccc(Cl)cc3)nn(-c3ccc(OC)cc3)c21. The number of thioether (sulfide) groups is 1. The minimum atomic E-state index is -0.319. The number of nitrogens with one attached hydrogen (secondary N) is 1. The van der Waals surface area contributed by atoms with Crippen LogP contribution in [0, 0.1) is 0 Å². The number of nitrogens with zero attached hydrogens (tertiary/aromatic N) is 3. The number of amides is 2. The average molecular weight is 605 g/mol. The Bertz CT molecular complexity index is 1570. The fourth-order valence-corrected chi connectivity index (χ4v) is 6.29. The minimum absolute atomic E-state index is 0.0223. The lowest BCUT2D eigenvalue weighted by Crippen LogP contribution is -2.44. The van der Waals surface area contributed by atoms with Crippen molar-refractivity contribution in [3.05, 3.63) is 88.9 Å². The van der Waals surface area contributed by atoms with Gasteiger partial charge < -0.3 is 14.8 Å². The van der Waals surface area contributed by atoms with Gasteiger partial charge >= 0.3 is 0 Å². The molecule has 0 aliphatic carbocycles. The van der Waals surface area contributed by atoms with Gasteiger partial charge in [0.15, 0.2) is 0 Å². The van der Waals surface area contributed by atoms with Gasteiger partial charge in [-0.3, -0.25) is 14.5 Å². The van der Waals surface area contributed by atoms with Crippen molar-refractivity contribution in [3.8, 4) is 28.4 Å². The van der Waals surface area contributed by atoms with Crippen LogP contribution in [0.2, 0.25) is 5.02 Å². The Labute approximate surface area is 255 Å². The van der Waals surface area contributed by atoms with Crippen molar-refractivity contribution in [1.29, 1.82) is 0 Å². The quantitative estimate of drug-likeness (QED) is 0.242. The summed E-state index contributed by atoms with van der Waals surface area (Å²) in [5, 5.41) is 8.41. The molecular weight excluding hydrogens is 572 g/mol. The predicted octanol–water partition coefficient (Wildman–Crippen LogP) is 6.29. The Kier molecular flexibility index (Phi) is 9.09. The first kappa shape index (κ1) is 29.5. The normalized spacial score (nSPS) is 15.5. The number of benzene rings is 3. The van der Waals surface area contributed by atoms with Gasteiger partial charge in [0.2, 0.25) is 11.8 Å². The predicted molar refractivity (Wildman–Crippen MR) is 168 cm³/mol. The van der Waals surface area contributed by atoms with Gasteiger partial charge in [-0.15, -0.1) is 11.8 Å². The Morgan fingerprint density at radius 1 is 1.07 bits per heavy atom. The number of anilines is 1. The monoisotopic (exact) mass is 604 g/mol. The molecule has 0 saturated carbocycles. The summed E-state index contributed by atoms with van der Waals surface area (Å²) < 4.78 is 12.9. The third kappa shape index (κ3) is 5.98. The number of hydrogen-bond acceptors (Lipinski definition) is 6. The standard InChI is InChI=1S/C32H33ClN4O4S/c1-5-20(2)34-27(38)18-36-28(39)19-42-31(25-8-6-7-9-26(25)41-4)29-30(21-10-12-22(33)13-11-21)35-37(32(29)36)23-14-16-24(40-3)17-15-23/h6-17,20,31H,5,18-19H2,1-4H3,(H,34,38)/t20-,31+/m1/s1. The molecular formula is C32H33ClN4O4S. The molecule has 0 unspecified atom stereocenters. The van der Waals surface area contributed by atoms with Crippen molar-refractivity contribution in [2.45, 2.75) is 31.6 Å². The highest BCUT2D eigenvalue weighted by atomic mass is 35.5. The first-order valence-corrected chi connectivity index (χ1v) is 15.1. The van der Waals surface area contributed by atoms with Gasteiger partial charge in [0.1, 0.15) is 23.9 Å². The Hall–Kier alpha value is -3.95. The molecule has 1 aromatic heterocycles. The summed E-state index contributed by atoms with van der Waals surface area (Å²) in [4.78, 5) is 28.7. The molecule has 0 spiro atoms. The number of rotatable bonds is 9. The Morgan fingerprint density at radius 2 is 1.79 bits per heavy atom. The molecule has 0 radical (unpaired) electrons. The largest absolute Gasteiger partial charge is 0.497 e. The van der Waals surface area contributed by atoms with E-state index in [-0.39, 0.29) is 35.4 Å². The highest BCUT2D eigenvalue weighted by molar-refractivity contribution is 8.00. The van der Waals surface area contributed by atoms with Crippen LogP contribution in [0.1, 0.15) is 36.6 Å². The molecule has 2 atom stereocenters. The molecule has 10 heteroatoms. The molecule has 5 rings (SSSR count). The maximum atomic E-state index is 13.9. The smallest absolute Gasteiger partial charge is 0.240 e. The van der Waals surface area contributed by atoms with Crippen LogP contribution in [0.5, 0.6) is 11.5 Å². The molecule has 1 aliphatic rings. The van der Waals surface area contributed by atoms with E-state index in [4.69, 9.17) is 26.2 Å². The summed E-state index contributed by atoms with van der Waals surface area (Å²) in [6.45, 7) is 3.81. The van der Waals surface area contributed by atoms with Gasteiger partial charge in [0, 0.05) is 27.8 Å². The summed E-state index contributed by atoms with van der Waals surface area (Å²) in [7, 11) is 3.25. The second-order valence-corrected chi connectivity index (χ2v) is 11.5. The van der Waals surface area contributed by atoms with Crippen molar-refractivity contribution in [1.82, 2.24) is 15.1 Å². The molecule has 2 amide bonds. The van der Waals surface area contributed by atoms with E-state index in [0.717, 1.165) is 28.8 Å². The van der Waals surface area contributed by atoms with Gasteiger partial charge in [-0.1, -0.05) is 48.9 Å². The molecule has 2 heterocycles. The lowest BCUT2D eigenvalue weighted by Gasteiger charge is -2.24. The van der Waals surface area contributed by atoms with E-state index in [9.17, 15) is 9.59 Å². The zero-order valence-corrected chi connectivity index (χ0v) is 25.5. The van der Waals surface area contributed by atoms with E-state index in [1.165, 1.54) is 11.8 Å². The van der Waals surface area contributed by atoms with Crippen molar-refractivity contribution in [2.75, 3.05) is 31.4 Å². The highest BCUT2D eigenvalue weighted by Crippen LogP contribution is 2.50. The lowest BCUT2D eigenvalue weighted by molar-refractivity contribution is -0.123. The lowest BCUT2D eigenvalue weighted by atomic mass is 9.99. The van der Waals surface area contributed by atoms with Crippen molar-refractivity contribution in [2.24, 2.45) is 0 Å². The van der Waals surface area contributed by atoms with E-state index < -0.39 is 0 Å². The van der Waals surface area contributed by atoms with Crippen LogP contribution in [0.3, 0.4) is 0 Å². The molecule has 4 aromatic rings. The summed E-state index contributed by atoms with van der Waals surface area (Å²) in [6, 6.07) is 22.7. The number of para-hydroxylation sites is 1.